The maximum absolute atomic E-state index is 13.7. The summed E-state index contributed by atoms with van der Waals surface area (Å²) in [7, 11) is 0. The highest BCUT2D eigenvalue weighted by atomic mass is 16.6. The largest absolute Gasteiger partial charge is 0.329 e. The molecule has 3 heterocycles. The van der Waals surface area contributed by atoms with Crippen LogP contribution in [0.1, 0.15) is 54.7 Å². The molecule has 4 rings (SSSR count). The summed E-state index contributed by atoms with van der Waals surface area (Å²) < 4.78 is 1.38. The third kappa shape index (κ3) is 3.47. The molecule has 0 unspecified atom stereocenters. The zero-order valence-electron chi connectivity index (χ0n) is 18.0. The van der Waals surface area contributed by atoms with Crippen LogP contribution < -0.4 is 16.1 Å². The highest BCUT2D eigenvalue weighted by Crippen LogP contribution is 2.33. The van der Waals surface area contributed by atoms with Gasteiger partial charge in [0.1, 0.15) is 0 Å². The summed E-state index contributed by atoms with van der Waals surface area (Å²) in [6.07, 6.45) is 1.19. The number of aromatic nitrogens is 3. The minimum atomic E-state index is -0.679. The molecule has 0 spiro atoms. The van der Waals surface area contributed by atoms with Crippen LogP contribution in [0.15, 0.2) is 33.9 Å². The third-order valence-corrected chi connectivity index (χ3v) is 5.66. The lowest BCUT2D eigenvalue weighted by atomic mass is 10.0. The van der Waals surface area contributed by atoms with Crippen LogP contribution in [0.4, 0.5) is 11.4 Å². The van der Waals surface area contributed by atoms with Crippen LogP contribution in [0.5, 0.6) is 0 Å². The maximum Gasteiger partial charge on any atom is 0.329 e. The molecule has 1 N–H and O–H groups in total. The Labute approximate surface area is 182 Å². The second-order valence-corrected chi connectivity index (χ2v) is 8.14. The minimum Gasteiger partial charge on any atom is -0.307 e. The first-order valence-corrected chi connectivity index (χ1v) is 10.5. The zero-order chi connectivity index (χ0) is 23.2. The highest BCUT2D eigenvalue weighted by molar-refractivity contribution is 6.14. The van der Waals surface area contributed by atoms with Gasteiger partial charge in [0.25, 0.3) is 17.2 Å². The van der Waals surface area contributed by atoms with Crippen molar-refractivity contribution in [3.05, 3.63) is 72.0 Å². The number of aromatic amines is 1. The Bertz CT molecular complexity index is 1370. The minimum absolute atomic E-state index is 0.0475. The fourth-order valence-corrected chi connectivity index (χ4v) is 4.03. The van der Waals surface area contributed by atoms with E-state index in [2.05, 4.69) is 9.97 Å². The van der Waals surface area contributed by atoms with Crippen molar-refractivity contribution in [3.63, 3.8) is 0 Å². The second kappa shape index (κ2) is 8.03. The van der Waals surface area contributed by atoms with E-state index in [9.17, 15) is 24.5 Å². The highest BCUT2D eigenvalue weighted by Gasteiger charge is 2.30. The number of hydrogen-bond donors (Lipinski definition) is 1. The Hall–Kier alpha value is -3.82. The molecule has 1 aromatic carbocycles. The number of aryl methyl sites for hydroxylation is 1. The Morgan fingerprint density at radius 3 is 2.69 bits per heavy atom. The molecule has 0 bridgehead atoms. The summed E-state index contributed by atoms with van der Waals surface area (Å²) in [5.74, 6) is -0.506. The van der Waals surface area contributed by atoms with Crippen LogP contribution in [0, 0.1) is 10.1 Å². The topological polar surface area (TPSA) is 131 Å². The van der Waals surface area contributed by atoms with E-state index in [4.69, 9.17) is 0 Å². The van der Waals surface area contributed by atoms with Gasteiger partial charge < -0.3 is 4.90 Å². The Kier molecular flexibility index (Phi) is 5.37. The molecule has 0 saturated carbocycles. The number of fused-ring (bicyclic) bond motifs is 2. The van der Waals surface area contributed by atoms with Gasteiger partial charge in [-0.1, -0.05) is 26.8 Å². The normalized spacial score (nSPS) is 13.1. The van der Waals surface area contributed by atoms with Crippen molar-refractivity contribution >= 4 is 28.3 Å². The van der Waals surface area contributed by atoms with Crippen LogP contribution in [0.3, 0.4) is 0 Å². The number of carbonyl (C=O) groups excluding carboxylic acids is 1. The molecule has 10 nitrogen and oxygen atoms in total. The number of carbonyl (C=O) groups is 1. The molecule has 0 saturated heterocycles. The number of pyridine rings is 1. The van der Waals surface area contributed by atoms with E-state index in [-0.39, 0.29) is 28.2 Å². The van der Waals surface area contributed by atoms with E-state index in [1.54, 1.807) is 12.1 Å². The molecule has 1 aliphatic rings. The lowest BCUT2D eigenvalue weighted by Gasteiger charge is -2.20. The van der Waals surface area contributed by atoms with Gasteiger partial charge in [0, 0.05) is 30.9 Å². The first kappa shape index (κ1) is 21.4. The number of amides is 1. The van der Waals surface area contributed by atoms with Crippen molar-refractivity contribution in [1.82, 2.24) is 14.5 Å². The smallest absolute Gasteiger partial charge is 0.307 e. The summed E-state index contributed by atoms with van der Waals surface area (Å²) in [6, 6.07) is 6.03. The lowest BCUT2D eigenvalue weighted by molar-refractivity contribution is -0.384. The number of hydrogen-bond acceptors (Lipinski definition) is 6. The Balaban J connectivity index is 1.96. The van der Waals surface area contributed by atoms with Gasteiger partial charge in [-0.2, -0.15) is 0 Å². The van der Waals surface area contributed by atoms with E-state index in [0.717, 1.165) is 5.56 Å². The fraction of sp³-hybridized carbons (Fsp3) is 0.364. The van der Waals surface area contributed by atoms with Gasteiger partial charge >= 0.3 is 5.69 Å². The van der Waals surface area contributed by atoms with Crippen LogP contribution in [0.25, 0.3) is 11.0 Å². The standard InChI is InChI=1S/C22H23N5O5/c1-4-8-26-19-18(20(28)24-22(26)30)15(11-16(23-19)12(2)3)21(29)25-9-7-13-5-6-14(27(31)32)10-17(13)25/h5-6,10-12H,4,7-9H2,1-3H3,(H,24,28,30). The molecule has 0 radical (unpaired) electrons. The van der Waals surface area contributed by atoms with Crippen LogP contribution in [-0.4, -0.2) is 31.9 Å². The van der Waals surface area contributed by atoms with Crippen molar-refractivity contribution < 1.29 is 9.72 Å². The van der Waals surface area contributed by atoms with Gasteiger partial charge in [-0.25, -0.2) is 9.78 Å². The molecule has 166 valence electrons. The maximum atomic E-state index is 13.7. The number of anilines is 1. The van der Waals surface area contributed by atoms with E-state index in [1.807, 2.05) is 20.8 Å². The Morgan fingerprint density at radius 2 is 2.03 bits per heavy atom. The molecule has 1 aliphatic heterocycles. The predicted molar refractivity (Wildman–Crippen MR) is 119 cm³/mol. The molecule has 0 atom stereocenters. The van der Waals surface area contributed by atoms with Gasteiger partial charge in [-0.15, -0.1) is 0 Å². The van der Waals surface area contributed by atoms with Crippen LogP contribution in [0.2, 0.25) is 0 Å². The summed E-state index contributed by atoms with van der Waals surface area (Å²) in [6.45, 7) is 6.39. The van der Waals surface area contributed by atoms with Crippen molar-refractivity contribution in [2.75, 3.05) is 11.4 Å². The van der Waals surface area contributed by atoms with E-state index >= 15 is 0 Å². The summed E-state index contributed by atoms with van der Waals surface area (Å²) in [5, 5.41) is 11.3. The molecule has 10 heteroatoms. The number of nitrogens with zero attached hydrogens (tertiary/aromatic N) is 4. The average molecular weight is 437 g/mol. The van der Waals surface area contributed by atoms with Crippen molar-refractivity contribution in [1.29, 1.82) is 0 Å². The second-order valence-electron chi connectivity index (χ2n) is 8.14. The first-order chi connectivity index (χ1) is 15.2. The van der Waals surface area contributed by atoms with Gasteiger partial charge in [0.2, 0.25) is 0 Å². The van der Waals surface area contributed by atoms with E-state index in [0.29, 0.717) is 37.3 Å². The van der Waals surface area contributed by atoms with Crippen molar-refractivity contribution in [2.45, 2.75) is 46.1 Å². The lowest BCUT2D eigenvalue weighted by Crippen LogP contribution is -2.35. The van der Waals surface area contributed by atoms with Gasteiger partial charge in [-0.05, 0) is 30.4 Å². The number of nitrogens with one attached hydrogen (secondary N) is 1. The van der Waals surface area contributed by atoms with E-state index in [1.165, 1.54) is 21.6 Å². The molecule has 0 fully saturated rings. The molecule has 0 aliphatic carbocycles. The molecule has 3 aromatic rings. The molecule has 32 heavy (non-hydrogen) atoms. The monoisotopic (exact) mass is 437 g/mol. The van der Waals surface area contributed by atoms with Gasteiger partial charge in [0.15, 0.2) is 5.65 Å². The van der Waals surface area contributed by atoms with Crippen molar-refractivity contribution in [2.24, 2.45) is 0 Å². The van der Waals surface area contributed by atoms with Crippen LogP contribution >= 0.6 is 0 Å². The summed E-state index contributed by atoms with van der Waals surface area (Å²) in [4.78, 5) is 57.9. The van der Waals surface area contributed by atoms with Gasteiger partial charge in [-0.3, -0.25) is 29.3 Å². The summed E-state index contributed by atoms with van der Waals surface area (Å²) in [5.41, 5.74) is 0.800. The third-order valence-electron chi connectivity index (χ3n) is 5.66. The molecular weight excluding hydrogens is 414 g/mol. The zero-order valence-corrected chi connectivity index (χ0v) is 18.0. The number of H-pyrrole nitrogens is 1. The number of non-ortho nitro benzene ring substituents is 1. The molecule has 1 amide bonds. The average Bonchev–Trinajstić information content (AvgIpc) is 3.18. The fourth-order valence-electron chi connectivity index (χ4n) is 4.03. The predicted octanol–water partition coefficient (Wildman–Crippen LogP) is 2.73. The first-order valence-electron chi connectivity index (χ1n) is 10.5. The molecular formula is C22H23N5O5. The number of benzene rings is 1. The summed E-state index contributed by atoms with van der Waals surface area (Å²) >= 11 is 0. The Morgan fingerprint density at radius 1 is 1.28 bits per heavy atom. The quantitative estimate of drug-likeness (QED) is 0.482. The van der Waals surface area contributed by atoms with E-state index < -0.39 is 22.1 Å². The van der Waals surface area contributed by atoms with Crippen molar-refractivity contribution in [3.8, 4) is 0 Å². The van der Waals surface area contributed by atoms with Gasteiger partial charge in [0.05, 0.1) is 21.6 Å². The SMILES string of the molecule is CCCn1c(=O)[nH]c(=O)c2c(C(=O)N3CCc4ccc([N+](=O)[O-])cc43)cc(C(C)C)nc21. The number of rotatable bonds is 5. The van der Waals surface area contributed by atoms with Crippen LogP contribution in [-0.2, 0) is 13.0 Å². The number of nitro groups is 1. The molecule has 2 aromatic heterocycles. The number of nitro benzene ring substituents is 1.